The number of nitrogens with two attached hydrogens (primary N) is 1. The molecule has 3 aromatic rings. The Morgan fingerprint density at radius 2 is 1.41 bits per heavy atom. The summed E-state index contributed by atoms with van der Waals surface area (Å²) < 4.78 is 25.9. The van der Waals surface area contributed by atoms with Crippen molar-refractivity contribution in [3.8, 4) is 11.1 Å². The number of nitrogens with zero attached hydrogens (tertiary/aromatic N) is 1. The molecular formula is C25H26N4O7S. The molecule has 0 radical (unpaired) electrons. The van der Waals surface area contributed by atoms with Crippen LogP contribution in [0.15, 0.2) is 66.7 Å². The molecule has 2 amide bonds. The average Bonchev–Trinajstić information content (AvgIpc) is 2.82. The Balaban J connectivity index is 0.000000877. The van der Waals surface area contributed by atoms with Gasteiger partial charge in [0.2, 0.25) is 0 Å². The van der Waals surface area contributed by atoms with Gasteiger partial charge >= 0.3 is 5.97 Å². The molecule has 3 rings (SSSR count). The van der Waals surface area contributed by atoms with E-state index in [2.05, 4.69) is 5.32 Å². The lowest BCUT2D eigenvalue weighted by Crippen LogP contribution is -2.22. The van der Waals surface area contributed by atoms with Gasteiger partial charge in [-0.2, -0.15) is 8.42 Å². The molecule has 0 atom stereocenters. The number of rotatable bonds is 6. The molecule has 0 heterocycles. The molecule has 0 aliphatic rings. The lowest BCUT2D eigenvalue weighted by atomic mass is 9.93. The van der Waals surface area contributed by atoms with Crippen molar-refractivity contribution in [3.63, 3.8) is 0 Å². The van der Waals surface area contributed by atoms with Gasteiger partial charge < -0.3 is 21.1 Å². The molecule has 0 bridgehead atoms. The molecule has 11 nitrogen and oxygen atoms in total. The molecule has 37 heavy (non-hydrogen) atoms. The van der Waals surface area contributed by atoms with Crippen LogP contribution < -0.4 is 11.1 Å². The van der Waals surface area contributed by atoms with Crippen molar-refractivity contribution >= 4 is 39.4 Å². The highest BCUT2D eigenvalue weighted by molar-refractivity contribution is 7.85. The fourth-order valence-electron chi connectivity index (χ4n) is 3.19. The summed E-state index contributed by atoms with van der Waals surface area (Å²) in [7, 11) is -0.460. The molecule has 0 aliphatic carbocycles. The predicted octanol–water partition coefficient (Wildman–Crippen LogP) is 2.79. The van der Waals surface area contributed by atoms with Gasteiger partial charge in [0.25, 0.3) is 21.9 Å². The topological polar surface area (TPSA) is 191 Å². The van der Waals surface area contributed by atoms with E-state index in [0.29, 0.717) is 34.2 Å². The first-order valence-corrected chi connectivity index (χ1v) is 12.4. The summed E-state index contributed by atoms with van der Waals surface area (Å²) >= 11 is 0. The summed E-state index contributed by atoms with van der Waals surface area (Å²) in [4.78, 5) is 38.8. The summed E-state index contributed by atoms with van der Waals surface area (Å²) in [5.41, 5.74) is 7.67. The van der Waals surface area contributed by atoms with Crippen molar-refractivity contribution in [2.45, 2.75) is 0 Å². The largest absolute Gasteiger partial charge is 0.478 e. The van der Waals surface area contributed by atoms with Crippen molar-refractivity contribution in [3.05, 3.63) is 89.0 Å². The zero-order valence-corrected chi connectivity index (χ0v) is 21.0. The van der Waals surface area contributed by atoms with Gasteiger partial charge in [0.15, 0.2) is 0 Å². The first-order chi connectivity index (χ1) is 17.2. The number of benzene rings is 3. The summed E-state index contributed by atoms with van der Waals surface area (Å²) in [5, 5.41) is 19.8. The maximum atomic E-state index is 13.2. The second-order valence-electron chi connectivity index (χ2n) is 7.99. The Kier molecular flexibility index (Phi) is 9.25. The van der Waals surface area contributed by atoms with Crippen LogP contribution in [0.4, 0.5) is 5.69 Å². The third-order valence-electron chi connectivity index (χ3n) is 4.82. The fraction of sp³-hybridized carbons (Fsp3) is 0.120. The monoisotopic (exact) mass is 526 g/mol. The minimum absolute atomic E-state index is 0.0408. The fourth-order valence-corrected chi connectivity index (χ4v) is 3.19. The van der Waals surface area contributed by atoms with Gasteiger partial charge in [-0.25, -0.2) is 4.79 Å². The van der Waals surface area contributed by atoms with Gasteiger partial charge in [0, 0.05) is 36.5 Å². The Bertz CT molecular complexity index is 1440. The van der Waals surface area contributed by atoms with E-state index in [-0.39, 0.29) is 22.9 Å². The standard InChI is InChI=1S/C24H22N4O4.CH4O3S/c1-28(2)23(30)15-9-12-18(17-5-3-4-6-19(17)24(31)32)20(13-15)22(29)27-16-10-7-14(8-11-16)21(25)26;1-5(2,3)4/h3-13H,1-2H3,(H3,25,26)(H,27,29)(H,31,32);1H3,(H,2,3,4). The number of nitrogen functional groups attached to an aromatic ring is 1. The SMILES string of the molecule is CN(C)C(=O)c1ccc(-c2ccccc2C(=O)O)c(C(=O)Nc2ccc(C(=N)N)cc2)c1.CS(=O)(=O)O. The number of amidine groups is 1. The van der Waals surface area contributed by atoms with Gasteiger partial charge in [-0.3, -0.25) is 19.6 Å². The molecule has 3 aromatic carbocycles. The third-order valence-corrected chi connectivity index (χ3v) is 4.82. The first-order valence-electron chi connectivity index (χ1n) is 10.6. The normalized spacial score (nSPS) is 10.5. The Hall–Kier alpha value is -4.55. The number of hydrogen-bond donors (Lipinski definition) is 5. The Labute approximate surface area is 213 Å². The van der Waals surface area contributed by atoms with Crippen LogP contribution in [0.2, 0.25) is 0 Å². The molecule has 0 saturated heterocycles. The van der Waals surface area contributed by atoms with E-state index in [1.807, 2.05) is 0 Å². The molecule has 0 aliphatic heterocycles. The first kappa shape index (κ1) is 28.7. The number of carboxylic acid groups (broad SMARTS) is 1. The van der Waals surface area contributed by atoms with Gasteiger partial charge in [-0.05, 0) is 53.6 Å². The van der Waals surface area contributed by atoms with Gasteiger partial charge in [-0.1, -0.05) is 24.3 Å². The molecule has 0 fully saturated rings. The van der Waals surface area contributed by atoms with Crippen molar-refractivity contribution < 1.29 is 32.5 Å². The summed E-state index contributed by atoms with van der Waals surface area (Å²) in [6, 6.07) is 17.4. The zero-order valence-electron chi connectivity index (χ0n) is 20.2. The average molecular weight is 527 g/mol. The third kappa shape index (κ3) is 8.26. The number of anilines is 1. The van der Waals surface area contributed by atoms with Crippen LogP contribution in [-0.4, -0.2) is 66.9 Å². The number of carbonyl (C=O) groups excluding carboxylic acids is 2. The predicted molar refractivity (Wildman–Crippen MR) is 140 cm³/mol. The number of amides is 2. The Morgan fingerprint density at radius 3 is 1.92 bits per heavy atom. The number of carbonyl (C=O) groups is 3. The molecule has 0 spiro atoms. The van der Waals surface area contributed by atoms with Crippen molar-refractivity contribution in [1.29, 1.82) is 5.41 Å². The van der Waals surface area contributed by atoms with Crippen molar-refractivity contribution in [1.82, 2.24) is 4.90 Å². The van der Waals surface area contributed by atoms with Crippen molar-refractivity contribution in [2.24, 2.45) is 5.73 Å². The van der Waals surface area contributed by atoms with Crippen molar-refractivity contribution in [2.75, 3.05) is 25.7 Å². The maximum absolute atomic E-state index is 13.2. The lowest BCUT2D eigenvalue weighted by Gasteiger charge is -2.16. The van der Waals surface area contributed by atoms with E-state index < -0.39 is 22.0 Å². The van der Waals surface area contributed by atoms with Crippen LogP contribution in [0, 0.1) is 5.41 Å². The van der Waals surface area contributed by atoms with E-state index in [1.54, 1.807) is 68.7 Å². The van der Waals surface area contributed by atoms with E-state index >= 15 is 0 Å². The van der Waals surface area contributed by atoms with E-state index in [0.717, 1.165) is 0 Å². The molecule has 194 valence electrons. The highest BCUT2D eigenvalue weighted by atomic mass is 32.2. The van der Waals surface area contributed by atoms with E-state index in [4.69, 9.17) is 15.7 Å². The highest BCUT2D eigenvalue weighted by Gasteiger charge is 2.21. The smallest absolute Gasteiger partial charge is 0.336 e. The lowest BCUT2D eigenvalue weighted by molar-refractivity contribution is 0.0696. The molecule has 12 heteroatoms. The summed E-state index contributed by atoms with van der Waals surface area (Å²) in [5.74, 6) is -2.02. The second kappa shape index (κ2) is 11.9. The minimum atomic E-state index is -3.67. The van der Waals surface area contributed by atoms with Crippen LogP contribution in [0.5, 0.6) is 0 Å². The highest BCUT2D eigenvalue weighted by Crippen LogP contribution is 2.29. The van der Waals surface area contributed by atoms with E-state index in [1.165, 1.54) is 17.0 Å². The molecule has 0 saturated carbocycles. The number of aromatic carboxylic acids is 1. The maximum Gasteiger partial charge on any atom is 0.336 e. The number of hydrogen-bond acceptors (Lipinski definition) is 6. The summed E-state index contributed by atoms with van der Waals surface area (Å²) in [6.45, 7) is 0. The Morgan fingerprint density at radius 1 is 0.892 bits per heavy atom. The molecule has 0 aromatic heterocycles. The molecular weight excluding hydrogens is 500 g/mol. The second-order valence-corrected chi connectivity index (χ2v) is 9.45. The van der Waals surface area contributed by atoms with Crippen LogP contribution in [-0.2, 0) is 10.1 Å². The van der Waals surface area contributed by atoms with Gasteiger partial charge in [-0.15, -0.1) is 0 Å². The number of carboxylic acids is 1. The summed E-state index contributed by atoms with van der Waals surface area (Å²) in [6.07, 6.45) is 0.715. The minimum Gasteiger partial charge on any atom is -0.478 e. The van der Waals surface area contributed by atoms with Crippen LogP contribution in [0.3, 0.4) is 0 Å². The zero-order chi connectivity index (χ0) is 27.9. The van der Waals surface area contributed by atoms with Crippen LogP contribution in [0.1, 0.15) is 36.6 Å². The number of nitrogens with one attached hydrogen (secondary N) is 2. The molecule has 6 N–H and O–H groups in total. The van der Waals surface area contributed by atoms with E-state index in [9.17, 15) is 27.9 Å². The van der Waals surface area contributed by atoms with Gasteiger partial charge in [0.1, 0.15) is 5.84 Å². The van der Waals surface area contributed by atoms with Crippen LogP contribution in [0.25, 0.3) is 11.1 Å². The van der Waals surface area contributed by atoms with Gasteiger partial charge in [0.05, 0.1) is 11.8 Å². The quantitative estimate of drug-likeness (QED) is 0.184. The molecule has 0 unspecified atom stereocenters. The van der Waals surface area contributed by atoms with Crippen LogP contribution >= 0.6 is 0 Å².